The summed E-state index contributed by atoms with van der Waals surface area (Å²) in [6.07, 6.45) is 2.11. The number of carbonyl (C=O) groups excluding carboxylic acids is 1. The van der Waals surface area contributed by atoms with Gasteiger partial charge in [-0.3, -0.25) is 4.79 Å². The molecule has 1 atom stereocenters. The molecule has 2 aromatic rings. The molecule has 0 unspecified atom stereocenters. The summed E-state index contributed by atoms with van der Waals surface area (Å²) in [6.45, 7) is 6.19. The van der Waals surface area contributed by atoms with Crippen molar-refractivity contribution in [1.82, 2.24) is 14.1 Å². The molecule has 0 aromatic carbocycles. The maximum Gasteiger partial charge on any atom is 0.253 e. The van der Waals surface area contributed by atoms with Gasteiger partial charge in [0.2, 0.25) is 5.91 Å². The van der Waals surface area contributed by atoms with E-state index in [9.17, 15) is 13.2 Å². The van der Waals surface area contributed by atoms with Crippen LogP contribution in [0.1, 0.15) is 44.8 Å². The van der Waals surface area contributed by atoms with Gasteiger partial charge in [0, 0.05) is 18.7 Å². The normalized spacial score (nSPS) is 19.0. The van der Waals surface area contributed by atoms with Crippen LogP contribution in [0.15, 0.2) is 27.8 Å². The van der Waals surface area contributed by atoms with Crippen LogP contribution in [0.4, 0.5) is 5.82 Å². The third kappa shape index (κ3) is 3.70. The van der Waals surface area contributed by atoms with E-state index in [4.69, 9.17) is 0 Å². The minimum Gasteiger partial charge on any atom is -0.309 e. The molecular formula is C17H24N4O3S2. The lowest BCUT2D eigenvalue weighted by Crippen LogP contribution is -2.49. The molecule has 9 heteroatoms. The lowest BCUT2D eigenvalue weighted by Gasteiger charge is -2.33. The Bertz CT molecular complexity index is 872. The zero-order chi connectivity index (χ0) is 18.9. The minimum absolute atomic E-state index is 0.0938. The van der Waals surface area contributed by atoms with Crippen molar-refractivity contribution in [3.63, 3.8) is 0 Å². The van der Waals surface area contributed by atoms with E-state index in [0.29, 0.717) is 18.8 Å². The van der Waals surface area contributed by atoms with E-state index in [1.807, 2.05) is 20.8 Å². The predicted molar refractivity (Wildman–Crippen MR) is 102 cm³/mol. The number of aromatic nitrogens is 2. The summed E-state index contributed by atoms with van der Waals surface area (Å²) >= 11 is 1.18. The zero-order valence-electron chi connectivity index (χ0n) is 15.2. The second-order valence-electron chi connectivity index (χ2n) is 6.76. The van der Waals surface area contributed by atoms with Gasteiger partial charge in [-0.25, -0.2) is 13.1 Å². The molecule has 0 radical (unpaired) electrons. The van der Waals surface area contributed by atoms with Crippen molar-refractivity contribution in [3.8, 4) is 0 Å². The molecule has 1 aliphatic rings. The molecule has 1 amide bonds. The van der Waals surface area contributed by atoms with Crippen molar-refractivity contribution in [2.75, 3.05) is 11.9 Å². The third-order valence-electron chi connectivity index (χ3n) is 4.41. The smallest absolute Gasteiger partial charge is 0.253 e. The summed E-state index contributed by atoms with van der Waals surface area (Å²) in [5.41, 5.74) is 0.806. The number of nitrogens with one attached hydrogen (secondary N) is 1. The summed E-state index contributed by atoms with van der Waals surface area (Å²) in [7, 11) is -3.66. The molecule has 0 bridgehead atoms. The summed E-state index contributed by atoms with van der Waals surface area (Å²) in [5, 5.41) is 9.01. The second-order valence-corrected chi connectivity index (χ2v) is 9.82. The molecule has 1 aliphatic heterocycles. The highest BCUT2D eigenvalue weighted by atomic mass is 32.2. The van der Waals surface area contributed by atoms with E-state index >= 15 is 0 Å². The first-order chi connectivity index (χ1) is 12.3. The Kier molecular flexibility index (Phi) is 5.50. The van der Waals surface area contributed by atoms with Gasteiger partial charge in [-0.1, -0.05) is 12.5 Å². The summed E-state index contributed by atoms with van der Waals surface area (Å²) < 4.78 is 29.2. The molecule has 0 aliphatic carbocycles. The first kappa shape index (κ1) is 19.1. The first-order valence-electron chi connectivity index (χ1n) is 8.73. The summed E-state index contributed by atoms with van der Waals surface area (Å²) in [6, 6.07) is 4.49. The molecule has 1 N–H and O–H groups in total. The Hall–Kier alpha value is -1.71. The number of aryl methyl sites for hydroxylation is 1. The Morgan fingerprint density at radius 3 is 2.81 bits per heavy atom. The second kappa shape index (κ2) is 7.50. The van der Waals surface area contributed by atoms with Gasteiger partial charge < -0.3 is 5.32 Å². The van der Waals surface area contributed by atoms with Gasteiger partial charge in [0.05, 0.1) is 5.69 Å². The van der Waals surface area contributed by atoms with Crippen LogP contribution in [0.5, 0.6) is 0 Å². The molecule has 1 fully saturated rings. The number of piperidine rings is 1. The third-order valence-corrected chi connectivity index (χ3v) is 7.69. The Morgan fingerprint density at radius 1 is 1.38 bits per heavy atom. The maximum absolute atomic E-state index is 12.9. The number of hydrogen-bond donors (Lipinski definition) is 1. The van der Waals surface area contributed by atoms with Crippen LogP contribution in [-0.2, 0) is 14.8 Å². The van der Waals surface area contributed by atoms with Crippen LogP contribution < -0.4 is 5.32 Å². The van der Waals surface area contributed by atoms with Crippen LogP contribution in [0, 0.1) is 6.92 Å². The van der Waals surface area contributed by atoms with Gasteiger partial charge in [-0.2, -0.15) is 9.40 Å². The average molecular weight is 397 g/mol. The highest BCUT2D eigenvalue weighted by Crippen LogP contribution is 2.28. The monoisotopic (exact) mass is 396 g/mol. The molecule has 3 heterocycles. The quantitative estimate of drug-likeness (QED) is 0.842. The largest absolute Gasteiger partial charge is 0.309 e. The minimum atomic E-state index is -3.66. The number of nitrogens with zero attached hydrogens (tertiary/aromatic N) is 3. The van der Waals surface area contributed by atoms with Gasteiger partial charge in [0.1, 0.15) is 16.1 Å². The Balaban J connectivity index is 1.85. The number of anilines is 1. The highest BCUT2D eigenvalue weighted by Gasteiger charge is 2.38. The molecule has 1 saturated heterocycles. The van der Waals surface area contributed by atoms with E-state index in [-0.39, 0.29) is 16.2 Å². The van der Waals surface area contributed by atoms with Gasteiger partial charge in [0.25, 0.3) is 10.0 Å². The van der Waals surface area contributed by atoms with Crippen LogP contribution >= 0.6 is 11.3 Å². The van der Waals surface area contributed by atoms with E-state index in [1.165, 1.54) is 15.6 Å². The Morgan fingerprint density at radius 2 is 2.15 bits per heavy atom. The maximum atomic E-state index is 12.9. The number of sulfonamides is 1. The average Bonchev–Trinajstić information content (AvgIpc) is 3.25. The fourth-order valence-electron chi connectivity index (χ4n) is 3.19. The van der Waals surface area contributed by atoms with Crippen LogP contribution in [0.25, 0.3) is 0 Å². The molecule has 26 heavy (non-hydrogen) atoms. The SMILES string of the molecule is Cc1cc(NC(=O)[C@@H]2CCCCN2S(=O)(=O)c2cccs2)n(C(C)C)n1. The van der Waals surface area contributed by atoms with Crippen molar-refractivity contribution in [3.05, 3.63) is 29.3 Å². The molecule has 2 aromatic heterocycles. The molecule has 0 saturated carbocycles. The van der Waals surface area contributed by atoms with Gasteiger partial charge in [-0.15, -0.1) is 11.3 Å². The van der Waals surface area contributed by atoms with E-state index in [0.717, 1.165) is 18.5 Å². The fraction of sp³-hybridized carbons (Fsp3) is 0.529. The lowest BCUT2D eigenvalue weighted by atomic mass is 10.0. The number of hydrogen-bond acceptors (Lipinski definition) is 5. The molecule has 7 nitrogen and oxygen atoms in total. The van der Waals surface area contributed by atoms with Crippen molar-refractivity contribution < 1.29 is 13.2 Å². The van der Waals surface area contributed by atoms with Crippen LogP contribution in [0.3, 0.4) is 0 Å². The van der Waals surface area contributed by atoms with E-state index in [2.05, 4.69) is 10.4 Å². The molecular weight excluding hydrogens is 372 g/mol. The van der Waals surface area contributed by atoms with E-state index < -0.39 is 16.1 Å². The Labute approximate surface area is 158 Å². The van der Waals surface area contributed by atoms with Crippen LogP contribution in [0.2, 0.25) is 0 Å². The number of amides is 1. The van der Waals surface area contributed by atoms with Crippen molar-refractivity contribution in [2.24, 2.45) is 0 Å². The summed E-state index contributed by atoms with van der Waals surface area (Å²) in [5.74, 6) is 0.299. The van der Waals surface area contributed by atoms with Gasteiger partial charge in [-0.05, 0) is 45.1 Å². The highest BCUT2D eigenvalue weighted by molar-refractivity contribution is 7.91. The lowest BCUT2D eigenvalue weighted by molar-refractivity contribution is -0.120. The number of thiophene rings is 1. The number of carbonyl (C=O) groups is 1. The van der Waals surface area contributed by atoms with Crippen molar-refractivity contribution in [2.45, 2.75) is 56.3 Å². The first-order valence-corrected chi connectivity index (χ1v) is 11.0. The van der Waals surface area contributed by atoms with E-state index in [1.54, 1.807) is 28.3 Å². The van der Waals surface area contributed by atoms with Gasteiger partial charge >= 0.3 is 0 Å². The standard InChI is InChI=1S/C17H24N4O3S2/c1-12(2)21-15(11-13(3)19-21)18-17(22)14-7-4-5-9-20(14)26(23,24)16-8-6-10-25-16/h6,8,10-12,14H,4-5,7,9H2,1-3H3,(H,18,22)/t14-/m0/s1. The predicted octanol–water partition coefficient (Wildman–Crippen LogP) is 3.02. The fourth-order valence-corrected chi connectivity index (χ4v) is 5.97. The molecule has 3 rings (SSSR count). The zero-order valence-corrected chi connectivity index (χ0v) is 16.8. The molecule has 0 spiro atoms. The van der Waals surface area contributed by atoms with Crippen LogP contribution in [-0.4, -0.2) is 41.0 Å². The summed E-state index contributed by atoms with van der Waals surface area (Å²) in [4.78, 5) is 12.9. The molecule has 142 valence electrons. The van der Waals surface area contributed by atoms with Crippen molar-refractivity contribution in [1.29, 1.82) is 0 Å². The van der Waals surface area contributed by atoms with Gasteiger partial charge in [0.15, 0.2) is 0 Å². The van der Waals surface area contributed by atoms with Crippen molar-refractivity contribution >= 4 is 33.1 Å². The topological polar surface area (TPSA) is 84.3 Å². The number of rotatable bonds is 5.